The molecular formula is C24H21FN6O2. The van der Waals surface area contributed by atoms with Gasteiger partial charge in [-0.25, -0.2) is 9.37 Å². The molecule has 33 heavy (non-hydrogen) atoms. The van der Waals surface area contributed by atoms with Crippen molar-refractivity contribution >= 4 is 22.1 Å². The van der Waals surface area contributed by atoms with Crippen molar-refractivity contribution in [2.45, 2.75) is 19.5 Å². The largest absolute Gasteiger partial charge is 0.496 e. The van der Waals surface area contributed by atoms with Crippen LogP contribution in [0.5, 0.6) is 5.75 Å². The highest BCUT2D eigenvalue weighted by atomic mass is 19.1. The Morgan fingerprint density at radius 1 is 1.15 bits per heavy atom. The van der Waals surface area contributed by atoms with Crippen molar-refractivity contribution in [2.24, 2.45) is 0 Å². The molecule has 1 fully saturated rings. The van der Waals surface area contributed by atoms with Crippen molar-refractivity contribution in [3.63, 3.8) is 0 Å². The standard InChI is InChI=1S/C24H21FN6O2/c1-3-30-13-26-23-19(9-27-28-24(23)30)14-4-5-20(25)17(6-14)18-7-15-10-31(16-11-33-12-16)29-21(15)8-22(18)32-2/h4-10,13,16H,3,11-12H2,1-2H3. The fraction of sp³-hybridized carbons (Fsp3) is 0.250. The summed E-state index contributed by atoms with van der Waals surface area (Å²) < 4.78 is 29.9. The summed E-state index contributed by atoms with van der Waals surface area (Å²) in [4.78, 5) is 4.52. The Morgan fingerprint density at radius 3 is 2.79 bits per heavy atom. The first-order valence-electron chi connectivity index (χ1n) is 10.8. The monoisotopic (exact) mass is 444 g/mol. The Hall–Kier alpha value is -3.85. The van der Waals surface area contributed by atoms with Crippen LogP contribution in [0.3, 0.4) is 0 Å². The predicted molar refractivity (Wildman–Crippen MR) is 122 cm³/mol. The van der Waals surface area contributed by atoms with Crippen molar-refractivity contribution in [1.29, 1.82) is 0 Å². The van der Waals surface area contributed by atoms with E-state index in [0.717, 1.165) is 34.1 Å². The molecule has 9 heteroatoms. The SMILES string of the molecule is CCn1cnc2c(-c3ccc(F)c(-c4cc5cn(C6COC6)nc5cc4OC)c3)cnnc21. The first kappa shape index (κ1) is 19.8. The second-order valence-electron chi connectivity index (χ2n) is 8.07. The number of aryl methyl sites for hydroxylation is 1. The van der Waals surface area contributed by atoms with Crippen molar-refractivity contribution < 1.29 is 13.9 Å². The van der Waals surface area contributed by atoms with E-state index >= 15 is 4.39 Å². The second-order valence-corrected chi connectivity index (χ2v) is 8.07. The van der Waals surface area contributed by atoms with Gasteiger partial charge in [0.15, 0.2) is 5.65 Å². The molecule has 1 saturated heterocycles. The third kappa shape index (κ3) is 3.15. The molecule has 6 rings (SSSR count). The Labute approximate surface area is 188 Å². The molecule has 0 atom stereocenters. The summed E-state index contributed by atoms with van der Waals surface area (Å²) in [5.41, 5.74) is 4.92. The van der Waals surface area contributed by atoms with Gasteiger partial charge in [-0.2, -0.15) is 10.2 Å². The van der Waals surface area contributed by atoms with Crippen LogP contribution in [0.1, 0.15) is 13.0 Å². The first-order valence-corrected chi connectivity index (χ1v) is 10.8. The number of rotatable bonds is 5. The van der Waals surface area contributed by atoms with Gasteiger partial charge in [0.2, 0.25) is 0 Å². The zero-order valence-corrected chi connectivity index (χ0v) is 18.2. The molecule has 0 spiro atoms. The van der Waals surface area contributed by atoms with Crippen LogP contribution in [0.2, 0.25) is 0 Å². The zero-order chi connectivity index (χ0) is 22.5. The highest BCUT2D eigenvalue weighted by molar-refractivity contribution is 5.92. The Kier molecular flexibility index (Phi) is 4.58. The number of halogens is 1. The molecule has 166 valence electrons. The Bertz CT molecular complexity index is 1500. The Balaban J connectivity index is 1.50. The molecule has 0 N–H and O–H groups in total. The maximum atomic E-state index is 15.1. The second kappa shape index (κ2) is 7.63. The number of nitrogens with zero attached hydrogens (tertiary/aromatic N) is 6. The molecule has 1 aliphatic rings. The summed E-state index contributed by atoms with van der Waals surface area (Å²) in [6.45, 7) is 4.06. The fourth-order valence-corrected chi connectivity index (χ4v) is 4.23. The molecule has 0 aliphatic carbocycles. The number of fused-ring (bicyclic) bond motifs is 2. The third-order valence-corrected chi connectivity index (χ3v) is 6.15. The van der Waals surface area contributed by atoms with Crippen molar-refractivity contribution in [3.05, 3.63) is 54.9 Å². The van der Waals surface area contributed by atoms with E-state index in [9.17, 15) is 0 Å². The van der Waals surface area contributed by atoms with Gasteiger partial charge in [0, 0.05) is 40.9 Å². The maximum Gasteiger partial charge on any atom is 0.183 e. The minimum Gasteiger partial charge on any atom is -0.496 e. The van der Waals surface area contributed by atoms with Gasteiger partial charge in [0.05, 0.1) is 44.4 Å². The number of imidazole rings is 1. The molecule has 5 aromatic rings. The smallest absolute Gasteiger partial charge is 0.183 e. The van der Waals surface area contributed by atoms with E-state index in [1.54, 1.807) is 25.7 Å². The average molecular weight is 444 g/mol. The van der Waals surface area contributed by atoms with E-state index in [1.807, 2.05) is 40.6 Å². The lowest BCUT2D eigenvalue weighted by molar-refractivity contribution is -0.0283. The van der Waals surface area contributed by atoms with Gasteiger partial charge in [0.1, 0.15) is 17.1 Å². The van der Waals surface area contributed by atoms with Gasteiger partial charge in [-0.15, -0.1) is 5.10 Å². The van der Waals surface area contributed by atoms with Crippen LogP contribution in [0, 0.1) is 5.82 Å². The quantitative estimate of drug-likeness (QED) is 0.403. The summed E-state index contributed by atoms with van der Waals surface area (Å²) in [6.07, 6.45) is 5.38. The van der Waals surface area contributed by atoms with Crippen molar-refractivity contribution in [3.8, 4) is 28.0 Å². The van der Waals surface area contributed by atoms with Gasteiger partial charge in [0.25, 0.3) is 0 Å². The van der Waals surface area contributed by atoms with Gasteiger partial charge in [-0.3, -0.25) is 4.68 Å². The predicted octanol–water partition coefficient (Wildman–Crippen LogP) is 4.25. The van der Waals surface area contributed by atoms with E-state index in [2.05, 4.69) is 20.3 Å². The Morgan fingerprint density at radius 2 is 2.03 bits per heavy atom. The molecular weight excluding hydrogens is 423 g/mol. The number of hydrogen-bond acceptors (Lipinski definition) is 6. The van der Waals surface area contributed by atoms with Crippen LogP contribution in [-0.2, 0) is 11.3 Å². The highest BCUT2D eigenvalue weighted by Crippen LogP contribution is 2.38. The number of hydrogen-bond donors (Lipinski definition) is 0. The lowest BCUT2D eigenvalue weighted by Gasteiger charge is -2.25. The molecule has 2 aromatic carbocycles. The van der Waals surface area contributed by atoms with Gasteiger partial charge < -0.3 is 14.0 Å². The summed E-state index contributed by atoms with van der Waals surface area (Å²) in [5.74, 6) is 0.218. The summed E-state index contributed by atoms with van der Waals surface area (Å²) in [6, 6.07) is 9.02. The minimum atomic E-state index is -0.339. The van der Waals surface area contributed by atoms with Crippen LogP contribution < -0.4 is 4.74 Å². The molecule has 0 unspecified atom stereocenters. The number of benzene rings is 2. The summed E-state index contributed by atoms with van der Waals surface area (Å²) in [5, 5.41) is 13.9. The van der Waals surface area contributed by atoms with E-state index in [-0.39, 0.29) is 11.9 Å². The molecule has 0 radical (unpaired) electrons. The zero-order valence-electron chi connectivity index (χ0n) is 18.2. The number of aromatic nitrogens is 6. The normalized spacial score (nSPS) is 14.2. The average Bonchev–Trinajstić information content (AvgIpc) is 3.40. The maximum absolute atomic E-state index is 15.1. The van der Waals surface area contributed by atoms with Crippen molar-refractivity contribution in [2.75, 3.05) is 20.3 Å². The number of ether oxygens (including phenoxy) is 2. The van der Waals surface area contributed by atoms with Crippen LogP contribution in [0.25, 0.3) is 44.3 Å². The highest BCUT2D eigenvalue weighted by Gasteiger charge is 2.23. The van der Waals surface area contributed by atoms with Crippen LogP contribution in [-0.4, -0.2) is 49.9 Å². The lowest BCUT2D eigenvalue weighted by Crippen LogP contribution is -2.30. The minimum absolute atomic E-state index is 0.233. The topological polar surface area (TPSA) is 79.9 Å². The van der Waals surface area contributed by atoms with Crippen LogP contribution in [0.4, 0.5) is 4.39 Å². The van der Waals surface area contributed by atoms with E-state index in [0.29, 0.717) is 35.7 Å². The van der Waals surface area contributed by atoms with Gasteiger partial charge in [-0.1, -0.05) is 6.07 Å². The molecule has 0 saturated carbocycles. The molecule has 4 heterocycles. The molecule has 0 bridgehead atoms. The van der Waals surface area contributed by atoms with E-state index in [1.165, 1.54) is 6.07 Å². The molecule has 1 aliphatic heterocycles. The van der Waals surface area contributed by atoms with Gasteiger partial charge in [-0.05, 0) is 30.7 Å². The molecule has 0 amide bonds. The van der Waals surface area contributed by atoms with Crippen molar-refractivity contribution in [1.82, 2.24) is 29.5 Å². The van der Waals surface area contributed by atoms with E-state index < -0.39 is 0 Å². The van der Waals surface area contributed by atoms with Crippen LogP contribution >= 0.6 is 0 Å². The summed E-state index contributed by atoms with van der Waals surface area (Å²) in [7, 11) is 1.58. The first-order chi connectivity index (χ1) is 16.2. The summed E-state index contributed by atoms with van der Waals surface area (Å²) >= 11 is 0. The fourth-order valence-electron chi connectivity index (χ4n) is 4.23. The number of methoxy groups -OCH3 is 1. The van der Waals surface area contributed by atoms with E-state index in [4.69, 9.17) is 9.47 Å². The molecule has 3 aromatic heterocycles. The van der Waals surface area contributed by atoms with Crippen LogP contribution in [0.15, 0.2) is 49.1 Å². The lowest BCUT2D eigenvalue weighted by atomic mass is 9.97. The van der Waals surface area contributed by atoms with Gasteiger partial charge >= 0.3 is 0 Å². The third-order valence-electron chi connectivity index (χ3n) is 6.15. The molecule has 8 nitrogen and oxygen atoms in total.